The molecular weight excluding hydrogens is 212 g/mol. The number of hydrogen-bond acceptors (Lipinski definition) is 3. The van der Waals surface area contributed by atoms with E-state index in [9.17, 15) is 0 Å². The smallest absolute Gasteiger partial charge is 0.0587 e. The van der Waals surface area contributed by atoms with Crippen molar-refractivity contribution >= 4 is 0 Å². The quantitative estimate of drug-likeness (QED) is 0.603. The SMILES string of the molecule is COCCNCCCNCCc1ccccc1. The zero-order valence-electron chi connectivity index (χ0n) is 10.7. The number of methoxy groups -OCH3 is 1. The highest BCUT2D eigenvalue weighted by Gasteiger charge is 1.91. The molecule has 1 aromatic carbocycles. The average molecular weight is 236 g/mol. The van der Waals surface area contributed by atoms with Crippen LogP contribution in [0.5, 0.6) is 0 Å². The summed E-state index contributed by atoms with van der Waals surface area (Å²) in [5.74, 6) is 0. The highest BCUT2D eigenvalue weighted by atomic mass is 16.5. The van der Waals surface area contributed by atoms with Crippen molar-refractivity contribution in [2.75, 3.05) is 39.9 Å². The molecule has 0 amide bonds. The van der Waals surface area contributed by atoms with Crippen molar-refractivity contribution in [3.05, 3.63) is 35.9 Å². The molecule has 0 aromatic heterocycles. The van der Waals surface area contributed by atoms with Crippen LogP contribution < -0.4 is 10.6 Å². The second-order valence-electron chi connectivity index (χ2n) is 4.08. The molecule has 0 aliphatic carbocycles. The molecule has 0 aliphatic rings. The predicted octanol–water partition coefficient (Wildman–Crippen LogP) is 1.44. The highest BCUT2D eigenvalue weighted by Crippen LogP contribution is 1.97. The summed E-state index contributed by atoms with van der Waals surface area (Å²) in [5, 5.41) is 6.78. The van der Waals surface area contributed by atoms with E-state index in [2.05, 4.69) is 41.0 Å². The maximum Gasteiger partial charge on any atom is 0.0587 e. The van der Waals surface area contributed by atoms with Gasteiger partial charge in [-0.2, -0.15) is 0 Å². The van der Waals surface area contributed by atoms with Crippen LogP contribution in [0.3, 0.4) is 0 Å². The van der Waals surface area contributed by atoms with Gasteiger partial charge in [-0.1, -0.05) is 30.3 Å². The van der Waals surface area contributed by atoms with Crippen LogP contribution in [0.15, 0.2) is 30.3 Å². The zero-order chi connectivity index (χ0) is 12.2. The first-order valence-corrected chi connectivity index (χ1v) is 6.38. The second-order valence-corrected chi connectivity index (χ2v) is 4.08. The fraction of sp³-hybridized carbons (Fsp3) is 0.571. The lowest BCUT2D eigenvalue weighted by Crippen LogP contribution is -2.25. The predicted molar refractivity (Wildman–Crippen MR) is 72.4 cm³/mol. The first-order valence-electron chi connectivity index (χ1n) is 6.38. The Bertz CT molecular complexity index is 264. The monoisotopic (exact) mass is 236 g/mol. The second kappa shape index (κ2) is 10.3. The van der Waals surface area contributed by atoms with Crippen LogP contribution in [0, 0.1) is 0 Å². The molecule has 2 N–H and O–H groups in total. The molecule has 0 unspecified atom stereocenters. The van der Waals surface area contributed by atoms with Gasteiger partial charge in [-0.3, -0.25) is 0 Å². The van der Waals surface area contributed by atoms with Crippen molar-refractivity contribution in [3.63, 3.8) is 0 Å². The van der Waals surface area contributed by atoms with Gasteiger partial charge in [-0.15, -0.1) is 0 Å². The minimum atomic E-state index is 0.793. The Hall–Kier alpha value is -0.900. The Labute approximate surface area is 105 Å². The van der Waals surface area contributed by atoms with Crippen LogP contribution in [-0.2, 0) is 11.2 Å². The van der Waals surface area contributed by atoms with Crippen molar-refractivity contribution < 1.29 is 4.74 Å². The minimum Gasteiger partial charge on any atom is -0.383 e. The number of hydrogen-bond donors (Lipinski definition) is 2. The Balaban J connectivity index is 1.85. The van der Waals surface area contributed by atoms with Crippen molar-refractivity contribution in [2.24, 2.45) is 0 Å². The van der Waals surface area contributed by atoms with Crippen LogP contribution in [0.1, 0.15) is 12.0 Å². The van der Waals surface area contributed by atoms with Crippen LogP contribution in [0.4, 0.5) is 0 Å². The molecule has 1 aromatic rings. The summed E-state index contributed by atoms with van der Waals surface area (Å²) in [5.41, 5.74) is 1.40. The Kier molecular flexibility index (Phi) is 8.55. The lowest BCUT2D eigenvalue weighted by atomic mass is 10.1. The van der Waals surface area contributed by atoms with E-state index >= 15 is 0 Å². The van der Waals surface area contributed by atoms with E-state index in [0.29, 0.717) is 0 Å². The maximum absolute atomic E-state index is 4.96. The molecular formula is C14H24N2O. The number of nitrogens with one attached hydrogen (secondary N) is 2. The van der Waals surface area contributed by atoms with E-state index in [1.54, 1.807) is 7.11 Å². The average Bonchev–Trinajstić information content (AvgIpc) is 2.38. The van der Waals surface area contributed by atoms with Gasteiger partial charge in [0.05, 0.1) is 6.61 Å². The summed E-state index contributed by atoms with van der Waals surface area (Å²) in [6.45, 7) is 4.93. The molecule has 1 rings (SSSR count). The zero-order valence-corrected chi connectivity index (χ0v) is 10.7. The standard InChI is InChI=1S/C14H24N2O/c1-17-13-12-16-10-5-9-15-11-8-14-6-3-2-4-7-14/h2-4,6-7,15-16H,5,8-13H2,1H3. The van der Waals surface area contributed by atoms with Gasteiger partial charge in [0.25, 0.3) is 0 Å². The van der Waals surface area contributed by atoms with Crippen molar-refractivity contribution in [1.82, 2.24) is 10.6 Å². The van der Waals surface area contributed by atoms with Gasteiger partial charge >= 0.3 is 0 Å². The third-order valence-corrected chi connectivity index (χ3v) is 2.62. The Morgan fingerprint density at radius 2 is 1.65 bits per heavy atom. The van der Waals surface area contributed by atoms with E-state index in [4.69, 9.17) is 4.74 Å². The first-order chi connectivity index (χ1) is 8.43. The molecule has 96 valence electrons. The van der Waals surface area contributed by atoms with Crippen molar-refractivity contribution in [2.45, 2.75) is 12.8 Å². The normalized spacial score (nSPS) is 10.6. The summed E-state index contributed by atoms with van der Waals surface area (Å²) < 4.78 is 4.96. The molecule has 0 saturated heterocycles. The number of rotatable bonds is 10. The molecule has 0 radical (unpaired) electrons. The molecule has 0 fully saturated rings. The van der Waals surface area contributed by atoms with E-state index in [0.717, 1.165) is 39.2 Å². The van der Waals surface area contributed by atoms with Crippen LogP contribution in [0.2, 0.25) is 0 Å². The molecule has 0 aliphatic heterocycles. The Morgan fingerprint density at radius 3 is 2.35 bits per heavy atom. The summed E-state index contributed by atoms with van der Waals surface area (Å²) in [6, 6.07) is 10.6. The van der Waals surface area contributed by atoms with Crippen LogP contribution >= 0.6 is 0 Å². The largest absolute Gasteiger partial charge is 0.383 e. The summed E-state index contributed by atoms with van der Waals surface area (Å²) in [4.78, 5) is 0. The van der Waals surface area contributed by atoms with Crippen molar-refractivity contribution in [3.8, 4) is 0 Å². The van der Waals surface area contributed by atoms with Gasteiger partial charge in [0, 0.05) is 13.7 Å². The van der Waals surface area contributed by atoms with Crippen LogP contribution in [-0.4, -0.2) is 39.9 Å². The van der Waals surface area contributed by atoms with E-state index < -0.39 is 0 Å². The highest BCUT2D eigenvalue weighted by molar-refractivity contribution is 5.14. The Morgan fingerprint density at radius 1 is 0.941 bits per heavy atom. The fourth-order valence-corrected chi connectivity index (χ4v) is 1.64. The lowest BCUT2D eigenvalue weighted by Gasteiger charge is -2.06. The van der Waals surface area contributed by atoms with E-state index in [1.807, 2.05) is 0 Å². The third-order valence-electron chi connectivity index (χ3n) is 2.62. The molecule has 17 heavy (non-hydrogen) atoms. The summed E-state index contributed by atoms with van der Waals surface area (Å²) in [7, 11) is 1.73. The van der Waals surface area contributed by atoms with E-state index in [-0.39, 0.29) is 0 Å². The fourth-order valence-electron chi connectivity index (χ4n) is 1.64. The molecule has 3 heteroatoms. The van der Waals surface area contributed by atoms with Gasteiger partial charge in [0.2, 0.25) is 0 Å². The van der Waals surface area contributed by atoms with Crippen molar-refractivity contribution in [1.29, 1.82) is 0 Å². The minimum absolute atomic E-state index is 0.793. The van der Waals surface area contributed by atoms with Gasteiger partial charge in [0.1, 0.15) is 0 Å². The van der Waals surface area contributed by atoms with Gasteiger partial charge < -0.3 is 15.4 Å². The molecule has 0 saturated carbocycles. The maximum atomic E-state index is 4.96. The number of benzene rings is 1. The summed E-state index contributed by atoms with van der Waals surface area (Å²) in [6.07, 6.45) is 2.27. The van der Waals surface area contributed by atoms with E-state index in [1.165, 1.54) is 12.0 Å². The number of ether oxygens (including phenoxy) is 1. The first kappa shape index (κ1) is 14.2. The third kappa shape index (κ3) is 7.91. The molecule has 3 nitrogen and oxygen atoms in total. The molecule has 0 bridgehead atoms. The summed E-state index contributed by atoms with van der Waals surface area (Å²) >= 11 is 0. The topological polar surface area (TPSA) is 33.3 Å². The molecule has 0 heterocycles. The molecule has 0 atom stereocenters. The lowest BCUT2D eigenvalue weighted by molar-refractivity contribution is 0.199. The van der Waals surface area contributed by atoms with Gasteiger partial charge in [-0.05, 0) is 38.0 Å². The van der Waals surface area contributed by atoms with Gasteiger partial charge in [0.15, 0.2) is 0 Å². The van der Waals surface area contributed by atoms with Gasteiger partial charge in [-0.25, -0.2) is 0 Å². The molecule has 0 spiro atoms. The van der Waals surface area contributed by atoms with Crippen LogP contribution in [0.25, 0.3) is 0 Å².